The first-order valence-electron chi connectivity index (χ1n) is 5.60. The zero-order chi connectivity index (χ0) is 13.0. The topological polar surface area (TPSA) is 78.1 Å². The second kappa shape index (κ2) is 5.39. The van der Waals surface area contributed by atoms with E-state index in [1.54, 1.807) is 13.1 Å². The van der Waals surface area contributed by atoms with Crippen molar-refractivity contribution in [2.75, 3.05) is 6.61 Å². The highest BCUT2D eigenvalue weighted by atomic mass is 16.5. The largest absolute Gasteiger partial charge is 0.466 e. The van der Waals surface area contributed by atoms with Gasteiger partial charge in [-0.2, -0.15) is 4.98 Å². The SMILES string of the molecule is CCOC(=O)Cc1nc(-c2cc(C)ccn2)no1. The fourth-order valence-corrected chi connectivity index (χ4v) is 1.42. The van der Waals surface area contributed by atoms with Crippen LogP contribution in [0.5, 0.6) is 0 Å². The van der Waals surface area contributed by atoms with Gasteiger partial charge in [-0.05, 0) is 31.5 Å². The molecule has 18 heavy (non-hydrogen) atoms. The number of esters is 1. The Balaban J connectivity index is 2.13. The van der Waals surface area contributed by atoms with Crippen LogP contribution in [-0.2, 0) is 16.0 Å². The molecule has 0 bridgehead atoms. The Labute approximate surface area is 104 Å². The average molecular weight is 247 g/mol. The zero-order valence-corrected chi connectivity index (χ0v) is 10.2. The first-order valence-corrected chi connectivity index (χ1v) is 5.60. The Bertz CT molecular complexity index is 551. The molecule has 0 N–H and O–H groups in total. The summed E-state index contributed by atoms with van der Waals surface area (Å²) in [5.74, 6) is 0.217. The van der Waals surface area contributed by atoms with Gasteiger partial charge in [0.2, 0.25) is 11.7 Å². The molecule has 0 atom stereocenters. The summed E-state index contributed by atoms with van der Waals surface area (Å²) in [5.41, 5.74) is 1.67. The lowest BCUT2D eigenvalue weighted by molar-refractivity contribution is -0.142. The van der Waals surface area contributed by atoms with Gasteiger partial charge >= 0.3 is 5.97 Å². The van der Waals surface area contributed by atoms with Gasteiger partial charge in [0.05, 0.1) is 6.61 Å². The smallest absolute Gasteiger partial charge is 0.315 e. The molecular weight excluding hydrogens is 234 g/mol. The van der Waals surface area contributed by atoms with Gasteiger partial charge in [-0.3, -0.25) is 9.78 Å². The molecule has 0 saturated heterocycles. The van der Waals surface area contributed by atoms with E-state index in [9.17, 15) is 4.79 Å². The highest BCUT2D eigenvalue weighted by Gasteiger charge is 2.13. The molecule has 0 aliphatic rings. The average Bonchev–Trinajstić information content (AvgIpc) is 2.78. The van der Waals surface area contributed by atoms with Crippen LogP contribution in [0.15, 0.2) is 22.9 Å². The summed E-state index contributed by atoms with van der Waals surface area (Å²) >= 11 is 0. The number of pyridine rings is 1. The van der Waals surface area contributed by atoms with Crippen LogP contribution in [0.3, 0.4) is 0 Å². The van der Waals surface area contributed by atoms with Crippen molar-refractivity contribution in [3.05, 3.63) is 29.8 Å². The van der Waals surface area contributed by atoms with E-state index in [1.807, 2.05) is 19.1 Å². The number of carbonyl (C=O) groups excluding carboxylic acids is 1. The van der Waals surface area contributed by atoms with Crippen molar-refractivity contribution in [3.8, 4) is 11.5 Å². The Morgan fingerprint density at radius 3 is 3.06 bits per heavy atom. The van der Waals surface area contributed by atoms with Gasteiger partial charge in [-0.25, -0.2) is 0 Å². The molecule has 2 aromatic rings. The van der Waals surface area contributed by atoms with Gasteiger partial charge in [-0.1, -0.05) is 5.16 Å². The van der Waals surface area contributed by atoms with E-state index in [1.165, 1.54) is 0 Å². The van der Waals surface area contributed by atoms with Crippen LogP contribution < -0.4 is 0 Å². The molecule has 0 unspecified atom stereocenters. The molecule has 0 radical (unpaired) electrons. The number of ether oxygens (including phenoxy) is 1. The monoisotopic (exact) mass is 247 g/mol. The highest BCUT2D eigenvalue weighted by molar-refractivity contribution is 5.71. The number of hydrogen-bond acceptors (Lipinski definition) is 6. The molecule has 0 aliphatic heterocycles. The zero-order valence-electron chi connectivity index (χ0n) is 10.2. The fourth-order valence-electron chi connectivity index (χ4n) is 1.42. The lowest BCUT2D eigenvalue weighted by Crippen LogP contribution is -2.07. The second-order valence-electron chi connectivity index (χ2n) is 3.71. The van der Waals surface area contributed by atoms with Crippen LogP contribution in [0.2, 0.25) is 0 Å². The van der Waals surface area contributed by atoms with Crippen LogP contribution in [0.25, 0.3) is 11.5 Å². The predicted octanol–water partition coefficient (Wildman–Crippen LogP) is 1.55. The normalized spacial score (nSPS) is 10.3. The summed E-state index contributed by atoms with van der Waals surface area (Å²) < 4.78 is 9.77. The van der Waals surface area contributed by atoms with Gasteiger partial charge in [0.25, 0.3) is 0 Å². The molecule has 94 valence electrons. The summed E-state index contributed by atoms with van der Waals surface area (Å²) in [5, 5.41) is 3.78. The molecule has 6 heteroatoms. The van der Waals surface area contributed by atoms with Crippen molar-refractivity contribution in [1.82, 2.24) is 15.1 Å². The molecule has 0 aromatic carbocycles. The molecular formula is C12H13N3O3. The molecule has 6 nitrogen and oxygen atoms in total. The highest BCUT2D eigenvalue weighted by Crippen LogP contribution is 2.14. The Morgan fingerprint density at radius 1 is 1.50 bits per heavy atom. The van der Waals surface area contributed by atoms with Crippen LogP contribution in [0, 0.1) is 6.92 Å². The quantitative estimate of drug-likeness (QED) is 0.763. The van der Waals surface area contributed by atoms with Gasteiger partial charge in [0.1, 0.15) is 12.1 Å². The van der Waals surface area contributed by atoms with Crippen molar-refractivity contribution in [1.29, 1.82) is 0 Å². The molecule has 2 heterocycles. The number of aromatic nitrogens is 3. The first kappa shape index (κ1) is 12.2. The molecule has 2 rings (SSSR count). The summed E-state index contributed by atoms with van der Waals surface area (Å²) in [6.07, 6.45) is 1.65. The minimum absolute atomic E-state index is 0.0212. The lowest BCUT2D eigenvalue weighted by Gasteiger charge is -1.96. The van der Waals surface area contributed by atoms with Gasteiger partial charge in [-0.15, -0.1) is 0 Å². The number of aryl methyl sites for hydroxylation is 1. The van der Waals surface area contributed by atoms with Gasteiger partial charge < -0.3 is 9.26 Å². The first-order chi connectivity index (χ1) is 8.69. The van der Waals surface area contributed by atoms with Crippen molar-refractivity contribution in [2.45, 2.75) is 20.3 Å². The Kier molecular flexibility index (Phi) is 3.66. The van der Waals surface area contributed by atoms with E-state index in [0.29, 0.717) is 18.1 Å². The van der Waals surface area contributed by atoms with Crippen molar-refractivity contribution < 1.29 is 14.1 Å². The molecule has 0 fully saturated rings. The molecule has 2 aromatic heterocycles. The fraction of sp³-hybridized carbons (Fsp3) is 0.333. The minimum Gasteiger partial charge on any atom is -0.466 e. The third kappa shape index (κ3) is 2.91. The predicted molar refractivity (Wildman–Crippen MR) is 62.6 cm³/mol. The maximum Gasteiger partial charge on any atom is 0.315 e. The second-order valence-corrected chi connectivity index (χ2v) is 3.71. The third-order valence-electron chi connectivity index (χ3n) is 2.21. The standard InChI is InChI=1S/C12H13N3O3/c1-3-17-11(16)7-10-14-12(15-18-10)9-6-8(2)4-5-13-9/h4-6H,3,7H2,1-2H3. The van der Waals surface area contributed by atoms with Crippen molar-refractivity contribution in [2.24, 2.45) is 0 Å². The number of nitrogens with zero attached hydrogens (tertiary/aromatic N) is 3. The summed E-state index contributed by atoms with van der Waals surface area (Å²) in [6, 6.07) is 3.72. The molecule has 0 aliphatic carbocycles. The Morgan fingerprint density at radius 2 is 2.33 bits per heavy atom. The van der Waals surface area contributed by atoms with E-state index in [-0.39, 0.29) is 18.3 Å². The number of hydrogen-bond donors (Lipinski definition) is 0. The van der Waals surface area contributed by atoms with Crippen LogP contribution >= 0.6 is 0 Å². The van der Waals surface area contributed by atoms with E-state index in [0.717, 1.165) is 5.56 Å². The lowest BCUT2D eigenvalue weighted by atomic mass is 10.2. The molecule has 0 amide bonds. The summed E-state index contributed by atoms with van der Waals surface area (Å²) in [6.45, 7) is 4.03. The third-order valence-corrected chi connectivity index (χ3v) is 2.21. The molecule has 0 spiro atoms. The maximum absolute atomic E-state index is 11.2. The van der Waals surface area contributed by atoms with Gasteiger partial charge in [0, 0.05) is 6.20 Å². The summed E-state index contributed by atoms with van der Waals surface area (Å²) in [7, 11) is 0. The van der Waals surface area contributed by atoms with Crippen molar-refractivity contribution in [3.63, 3.8) is 0 Å². The Hall–Kier alpha value is -2.24. The van der Waals surface area contributed by atoms with Crippen LogP contribution in [-0.4, -0.2) is 27.7 Å². The van der Waals surface area contributed by atoms with Gasteiger partial charge in [0.15, 0.2) is 0 Å². The summed E-state index contributed by atoms with van der Waals surface area (Å²) in [4.78, 5) is 19.5. The van der Waals surface area contributed by atoms with E-state index < -0.39 is 0 Å². The molecule has 0 saturated carbocycles. The number of rotatable bonds is 4. The number of carbonyl (C=O) groups is 1. The van der Waals surface area contributed by atoms with Crippen LogP contribution in [0.4, 0.5) is 0 Å². The minimum atomic E-state index is -0.384. The van der Waals surface area contributed by atoms with E-state index >= 15 is 0 Å². The van der Waals surface area contributed by atoms with E-state index in [2.05, 4.69) is 15.1 Å². The van der Waals surface area contributed by atoms with E-state index in [4.69, 9.17) is 9.26 Å². The van der Waals surface area contributed by atoms with Crippen LogP contribution in [0.1, 0.15) is 18.4 Å². The van der Waals surface area contributed by atoms with Crippen molar-refractivity contribution >= 4 is 5.97 Å². The maximum atomic E-state index is 11.2.